The van der Waals surface area contributed by atoms with E-state index in [-0.39, 0.29) is 6.09 Å². The minimum absolute atomic E-state index is 0.170. The molecule has 6 heteroatoms. The van der Waals surface area contributed by atoms with Crippen molar-refractivity contribution in [1.82, 2.24) is 15.1 Å². The molecule has 2 aliphatic rings. The summed E-state index contributed by atoms with van der Waals surface area (Å²) in [5.41, 5.74) is -0.408. The van der Waals surface area contributed by atoms with Crippen LogP contribution in [0, 0.1) is 5.92 Å². The van der Waals surface area contributed by atoms with E-state index in [0.29, 0.717) is 5.92 Å². The first kappa shape index (κ1) is 18.5. The summed E-state index contributed by atoms with van der Waals surface area (Å²) >= 11 is 0. The van der Waals surface area contributed by atoms with Gasteiger partial charge in [0.25, 0.3) is 0 Å². The summed E-state index contributed by atoms with van der Waals surface area (Å²) in [5.74, 6) is 0.665. The molecule has 2 rings (SSSR count). The Balaban J connectivity index is 1.55. The zero-order valence-electron chi connectivity index (χ0n) is 15.0. The van der Waals surface area contributed by atoms with Crippen molar-refractivity contribution in [2.24, 2.45) is 5.92 Å². The molecule has 0 saturated carbocycles. The number of likely N-dealkylation sites (tertiary alicyclic amines) is 1. The van der Waals surface area contributed by atoms with Gasteiger partial charge in [0.05, 0.1) is 13.2 Å². The van der Waals surface area contributed by atoms with Crippen LogP contribution in [-0.2, 0) is 9.47 Å². The third-order valence-electron chi connectivity index (χ3n) is 4.41. The van der Waals surface area contributed by atoms with Gasteiger partial charge < -0.3 is 19.7 Å². The summed E-state index contributed by atoms with van der Waals surface area (Å²) in [6.45, 7) is 14.4. The van der Waals surface area contributed by atoms with Crippen LogP contribution in [0.4, 0.5) is 4.79 Å². The third kappa shape index (κ3) is 7.06. The highest BCUT2D eigenvalue weighted by atomic mass is 16.6. The molecule has 0 aromatic rings. The molecule has 2 saturated heterocycles. The molecule has 2 fully saturated rings. The lowest BCUT2D eigenvalue weighted by Crippen LogP contribution is -2.44. The second kappa shape index (κ2) is 8.85. The van der Waals surface area contributed by atoms with Crippen LogP contribution in [0.2, 0.25) is 0 Å². The Bertz CT molecular complexity index is 357. The van der Waals surface area contributed by atoms with Gasteiger partial charge in [-0.2, -0.15) is 0 Å². The average molecular weight is 327 g/mol. The second-order valence-electron chi connectivity index (χ2n) is 7.57. The fourth-order valence-corrected chi connectivity index (χ4v) is 3.01. The maximum atomic E-state index is 12.0. The topological polar surface area (TPSA) is 54.0 Å². The molecule has 0 aliphatic carbocycles. The highest BCUT2D eigenvalue weighted by molar-refractivity contribution is 5.68. The molecule has 2 aliphatic heterocycles. The van der Waals surface area contributed by atoms with Crippen LogP contribution in [0.1, 0.15) is 33.6 Å². The van der Waals surface area contributed by atoms with Crippen molar-refractivity contribution < 1.29 is 14.3 Å². The van der Waals surface area contributed by atoms with Crippen molar-refractivity contribution in [2.75, 3.05) is 59.0 Å². The molecule has 1 N–H and O–H groups in total. The van der Waals surface area contributed by atoms with E-state index in [9.17, 15) is 4.79 Å². The monoisotopic (exact) mass is 327 g/mol. The SMILES string of the molecule is CC(C)(C)OC(=O)N1CCC(CNCCN2CCOCC2)CC1. The van der Waals surface area contributed by atoms with Crippen molar-refractivity contribution >= 4 is 6.09 Å². The molecule has 0 aromatic carbocycles. The van der Waals surface area contributed by atoms with Gasteiger partial charge in [-0.25, -0.2) is 4.79 Å². The third-order valence-corrected chi connectivity index (χ3v) is 4.41. The van der Waals surface area contributed by atoms with E-state index in [1.807, 2.05) is 25.7 Å². The van der Waals surface area contributed by atoms with E-state index in [1.54, 1.807) is 0 Å². The molecular weight excluding hydrogens is 294 g/mol. The van der Waals surface area contributed by atoms with Gasteiger partial charge in [-0.05, 0) is 46.1 Å². The number of hydrogen-bond donors (Lipinski definition) is 1. The number of nitrogens with one attached hydrogen (secondary N) is 1. The van der Waals surface area contributed by atoms with Crippen molar-refractivity contribution in [2.45, 2.75) is 39.2 Å². The maximum Gasteiger partial charge on any atom is 0.410 e. The van der Waals surface area contributed by atoms with Gasteiger partial charge in [0.1, 0.15) is 5.60 Å². The zero-order chi connectivity index (χ0) is 16.7. The summed E-state index contributed by atoms with van der Waals surface area (Å²) in [6.07, 6.45) is 1.95. The Hall–Kier alpha value is -0.850. The number of amides is 1. The number of ether oxygens (including phenoxy) is 2. The first-order valence-corrected chi connectivity index (χ1v) is 8.93. The normalized spacial score (nSPS) is 21.4. The van der Waals surface area contributed by atoms with Crippen LogP contribution in [0.25, 0.3) is 0 Å². The van der Waals surface area contributed by atoms with E-state index in [4.69, 9.17) is 9.47 Å². The maximum absolute atomic E-state index is 12.0. The van der Waals surface area contributed by atoms with Crippen LogP contribution < -0.4 is 5.32 Å². The summed E-state index contributed by atoms with van der Waals surface area (Å²) in [5, 5.41) is 3.57. The lowest BCUT2D eigenvalue weighted by molar-refractivity contribution is 0.0182. The summed E-state index contributed by atoms with van der Waals surface area (Å²) in [4.78, 5) is 16.3. The van der Waals surface area contributed by atoms with Gasteiger partial charge in [-0.3, -0.25) is 4.90 Å². The zero-order valence-corrected chi connectivity index (χ0v) is 15.0. The standard InChI is InChI=1S/C17H33N3O3/c1-17(2,3)23-16(21)20-7-4-15(5-8-20)14-18-6-9-19-10-12-22-13-11-19/h15,18H,4-14H2,1-3H3. The number of hydrogen-bond acceptors (Lipinski definition) is 5. The van der Waals surface area contributed by atoms with Gasteiger partial charge in [-0.1, -0.05) is 0 Å². The number of carbonyl (C=O) groups is 1. The molecule has 0 radical (unpaired) electrons. The first-order valence-electron chi connectivity index (χ1n) is 8.93. The van der Waals surface area contributed by atoms with Crippen LogP contribution in [-0.4, -0.2) is 80.5 Å². The predicted molar refractivity (Wildman–Crippen MR) is 90.7 cm³/mol. The Morgan fingerprint density at radius 1 is 1.17 bits per heavy atom. The fourth-order valence-electron chi connectivity index (χ4n) is 3.01. The number of piperidine rings is 1. The lowest BCUT2D eigenvalue weighted by Gasteiger charge is -2.33. The molecule has 0 aromatic heterocycles. The van der Waals surface area contributed by atoms with Gasteiger partial charge in [0, 0.05) is 39.3 Å². The molecule has 0 bridgehead atoms. The molecule has 0 unspecified atom stereocenters. The first-order chi connectivity index (χ1) is 10.9. The van der Waals surface area contributed by atoms with E-state index in [1.165, 1.54) is 0 Å². The van der Waals surface area contributed by atoms with Crippen LogP contribution in [0.5, 0.6) is 0 Å². The minimum Gasteiger partial charge on any atom is -0.444 e. The Labute approximate surface area is 140 Å². The molecule has 2 heterocycles. The lowest BCUT2D eigenvalue weighted by atomic mass is 9.97. The van der Waals surface area contributed by atoms with Gasteiger partial charge in [-0.15, -0.1) is 0 Å². The summed E-state index contributed by atoms with van der Waals surface area (Å²) < 4.78 is 10.8. The Morgan fingerprint density at radius 2 is 1.83 bits per heavy atom. The molecular formula is C17H33N3O3. The average Bonchev–Trinajstić information content (AvgIpc) is 2.51. The Morgan fingerprint density at radius 3 is 2.43 bits per heavy atom. The number of morpholine rings is 1. The largest absolute Gasteiger partial charge is 0.444 e. The molecule has 23 heavy (non-hydrogen) atoms. The predicted octanol–water partition coefficient (Wildman–Crippen LogP) is 1.56. The quantitative estimate of drug-likeness (QED) is 0.777. The number of nitrogens with zero attached hydrogens (tertiary/aromatic N) is 2. The molecule has 6 nitrogen and oxygen atoms in total. The fraction of sp³-hybridized carbons (Fsp3) is 0.941. The number of carbonyl (C=O) groups excluding carboxylic acids is 1. The number of rotatable bonds is 5. The van der Waals surface area contributed by atoms with Gasteiger partial charge in [0.15, 0.2) is 0 Å². The molecule has 1 amide bonds. The minimum atomic E-state index is -0.408. The van der Waals surface area contributed by atoms with Crippen molar-refractivity contribution in [3.05, 3.63) is 0 Å². The van der Waals surface area contributed by atoms with E-state index in [0.717, 1.165) is 71.9 Å². The van der Waals surface area contributed by atoms with Crippen LogP contribution >= 0.6 is 0 Å². The van der Waals surface area contributed by atoms with E-state index in [2.05, 4.69) is 10.2 Å². The Kier molecular flexibility index (Phi) is 7.11. The van der Waals surface area contributed by atoms with Gasteiger partial charge in [0.2, 0.25) is 0 Å². The second-order valence-corrected chi connectivity index (χ2v) is 7.57. The van der Waals surface area contributed by atoms with Gasteiger partial charge >= 0.3 is 6.09 Å². The molecule has 0 atom stereocenters. The van der Waals surface area contributed by atoms with Crippen molar-refractivity contribution in [3.8, 4) is 0 Å². The molecule has 134 valence electrons. The summed E-state index contributed by atoms with van der Waals surface area (Å²) in [6, 6.07) is 0. The molecule has 0 spiro atoms. The van der Waals surface area contributed by atoms with E-state index >= 15 is 0 Å². The van der Waals surface area contributed by atoms with Crippen LogP contribution in [0.15, 0.2) is 0 Å². The van der Waals surface area contributed by atoms with Crippen molar-refractivity contribution in [3.63, 3.8) is 0 Å². The highest BCUT2D eigenvalue weighted by Gasteiger charge is 2.26. The van der Waals surface area contributed by atoms with Crippen molar-refractivity contribution in [1.29, 1.82) is 0 Å². The summed E-state index contributed by atoms with van der Waals surface area (Å²) in [7, 11) is 0. The van der Waals surface area contributed by atoms with E-state index < -0.39 is 5.60 Å². The smallest absolute Gasteiger partial charge is 0.410 e. The van der Waals surface area contributed by atoms with Crippen LogP contribution in [0.3, 0.4) is 0 Å². The highest BCUT2D eigenvalue weighted by Crippen LogP contribution is 2.19.